The van der Waals surface area contributed by atoms with Crippen LogP contribution >= 0.6 is 0 Å². The van der Waals surface area contributed by atoms with Crippen LogP contribution in [-0.4, -0.2) is 30.4 Å². The summed E-state index contributed by atoms with van der Waals surface area (Å²) >= 11 is 0. The van der Waals surface area contributed by atoms with Crippen LogP contribution in [-0.2, 0) is 4.79 Å². The average Bonchev–Trinajstić information content (AvgIpc) is 2.34. The lowest BCUT2D eigenvalue weighted by molar-refractivity contribution is -0.130. The highest BCUT2D eigenvalue weighted by atomic mass is 16.2. The van der Waals surface area contributed by atoms with Crippen molar-refractivity contribution in [3.05, 3.63) is 35.9 Å². The van der Waals surface area contributed by atoms with Gasteiger partial charge in [-0.3, -0.25) is 9.69 Å². The van der Waals surface area contributed by atoms with Gasteiger partial charge in [0.25, 0.3) is 0 Å². The summed E-state index contributed by atoms with van der Waals surface area (Å²) in [7, 11) is 2.04. The van der Waals surface area contributed by atoms with E-state index in [4.69, 9.17) is 0 Å². The zero-order valence-electron chi connectivity index (χ0n) is 11.4. The topological polar surface area (TPSA) is 32.3 Å². The molecule has 0 aliphatic carbocycles. The largest absolute Gasteiger partial charge is 0.347 e. The molecule has 1 saturated heterocycles. The molecule has 0 spiro atoms. The van der Waals surface area contributed by atoms with Gasteiger partial charge >= 0.3 is 0 Å². The summed E-state index contributed by atoms with van der Waals surface area (Å²) in [5, 5.41) is 3.14. The first-order chi connectivity index (χ1) is 8.58. The Morgan fingerprint density at radius 3 is 2.56 bits per heavy atom. The molecule has 0 aromatic heterocycles. The lowest BCUT2D eigenvalue weighted by Crippen LogP contribution is -2.55. The van der Waals surface area contributed by atoms with E-state index in [2.05, 4.69) is 36.2 Å². The first-order valence-electron chi connectivity index (χ1n) is 6.63. The van der Waals surface area contributed by atoms with Crippen LogP contribution in [0.4, 0.5) is 0 Å². The van der Waals surface area contributed by atoms with Gasteiger partial charge in [-0.1, -0.05) is 44.2 Å². The van der Waals surface area contributed by atoms with Gasteiger partial charge in [0, 0.05) is 6.54 Å². The minimum absolute atomic E-state index is 0.0185. The molecule has 2 unspecified atom stereocenters. The second kappa shape index (κ2) is 5.53. The monoisotopic (exact) mass is 246 g/mol. The first kappa shape index (κ1) is 13.1. The molecule has 1 N–H and O–H groups in total. The molecule has 0 saturated carbocycles. The molecular formula is C15H22N2O. The van der Waals surface area contributed by atoms with Gasteiger partial charge in [-0.25, -0.2) is 0 Å². The lowest BCUT2D eigenvalue weighted by Gasteiger charge is -2.38. The smallest absolute Gasteiger partial charge is 0.237 e. The van der Waals surface area contributed by atoms with Gasteiger partial charge < -0.3 is 5.32 Å². The molecule has 18 heavy (non-hydrogen) atoms. The van der Waals surface area contributed by atoms with E-state index in [0.29, 0.717) is 5.92 Å². The summed E-state index contributed by atoms with van der Waals surface area (Å²) in [6.45, 7) is 5.20. The zero-order valence-corrected chi connectivity index (χ0v) is 11.4. The van der Waals surface area contributed by atoms with Crippen molar-refractivity contribution in [1.29, 1.82) is 0 Å². The van der Waals surface area contributed by atoms with Crippen molar-refractivity contribution < 1.29 is 4.79 Å². The first-order valence-corrected chi connectivity index (χ1v) is 6.63. The quantitative estimate of drug-likeness (QED) is 0.887. The van der Waals surface area contributed by atoms with Gasteiger partial charge in [0.15, 0.2) is 0 Å². The Hall–Kier alpha value is -1.35. The summed E-state index contributed by atoms with van der Waals surface area (Å²) in [5.41, 5.74) is 1.18. The molecule has 2 atom stereocenters. The molecule has 1 aromatic rings. The van der Waals surface area contributed by atoms with Crippen LogP contribution in [0.25, 0.3) is 0 Å². The third kappa shape index (κ3) is 2.91. The van der Waals surface area contributed by atoms with Crippen LogP contribution in [0.1, 0.15) is 31.9 Å². The molecule has 3 heteroatoms. The van der Waals surface area contributed by atoms with Crippen LogP contribution in [0.5, 0.6) is 0 Å². The normalized spacial score (nSPS) is 25.2. The minimum Gasteiger partial charge on any atom is -0.347 e. The fourth-order valence-corrected chi connectivity index (χ4v) is 2.54. The van der Waals surface area contributed by atoms with E-state index in [1.165, 1.54) is 5.56 Å². The number of rotatable bonds is 3. The van der Waals surface area contributed by atoms with Gasteiger partial charge in [-0.15, -0.1) is 0 Å². The Balaban J connectivity index is 2.07. The number of piperazine rings is 1. The third-order valence-electron chi connectivity index (χ3n) is 3.52. The van der Waals surface area contributed by atoms with Gasteiger partial charge in [0.2, 0.25) is 5.91 Å². The number of hydrogen-bond donors (Lipinski definition) is 1. The molecule has 0 bridgehead atoms. The summed E-state index contributed by atoms with van der Waals surface area (Å²) in [6, 6.07) is 10.3. The molecule has 1 aromatic carbocycles. The Morgan fingerprint density at radius 1 is 1.33 bits per heavy atom. The number of hydrogen-bond acceptors (Lipinski definition) is 2. The molecule has 1 aliphatic heterocycles. The lowest BCUT2D eigenvalue weighted by atomic mass is 9.96. The number of nitrogens with zero attached hydrogens (tertiary/aromatic N) is 1. The zero-order chi connectivity index (χ0) is 13.1. The summed E-state index contributed by atoms with van der Waals surface area (Å²) in [4.78, 5) is 14.3. The highest BCUT2D eigenvalue weighted by Gasteiger charge is 2.32. The molecule has 3 nitrogen and oxygen atoms in total. The van der Waals surface area contributed by atoms with Crippen molar-refractivity contribution >= 4 is 5.91 Å². The van der Waals surface area contributed by atoms with Gasteiger partial charge in [-0.05, 0) is 24.9 Å². The maximum absolute atomic E-state index is 12.2. The fourth-order valence-electron chi connectivity index (χ4n) is 2.54. The SMILES string of the molecule is CC(C)CC1C(=O)NC(c2ccccc2)CN1C. The number of carbonyl (C=O) groups is 1. The van der Waals surface area contributed by atoms with Crippen molar-refractivity contribution in [3.63, 3.8) is 0 Å². The minimum atomic E-state index is 0.0185. The van der Waals surface area contributed by atoms with Crippen LogP contribution in [0.15, 0.2) is 30.3 Å². The van der Waals surface area contributed by atoms with E-state index < -0.39 is 0 Å². The Bertz CT molecular complexity index is 402. The van der Waals surface area contributed by atoms with Gasteiger partial charge in [0.1, 0.15) is 0 Å². The summed E-state index contributed by atoms with van der Waals surface area (Å²) in [5.74, 6) is 0.697. The molecule has 0 radical (unpaired) electrons. The van der Waals surface area contributed by atoms with Crippen molar-refractivity contribution in [2.75, 3.05) is 13.6 Å². The number of amides is 1. The predicted octanol–water partition coefficient (Wildman–Crippen LogP) is 2.20. The van der Waals surface area contributed by atoms with Gasteiger partial charge in [0.05, 0.1) is 12.1 Å². The highest BCUT2D eigenvalue weighted by molar-refractivity contribution is 5.83. The van der Waals surface area contributed by atoms with E-state index in [1.54, 1.807) is 0 Å². The Labute approximate surface area is 109 Å². The molecule has 1 amide bonds. The van der Waals surface area contributed by atoms with Crippen molar-refractivity contribution in [3.8, 4) is 0 Å². The molecule has 98 valence electrons. The summed E-state index contributed by atoms with van der Waals surface area (Å²) < 4.78 is 0. The van der Waals surface area contributed by atoms with Crippen molar-refractivity contribution in [2.45, 2.75) is 32.4 Å². The standard InChI is InChI=1S/C15H22N2O/c1-11(2)9-14-15(18)16-13(10-17(14)3)12-7-5-4-6-8-12/h4-8,11,13-14H,9-10H2,1-3H3,(H,16,18). The van der Waals surface area contributed by atoms with E-state index in [-0.39, 0.29) is 18.0 Å². The second-order valence-corrected chi connectivity index (χ2v) is 5.56. The van der Waals surface area contributed by atoms with E-state index in [0.717, 1.165) is 13.0 Å². The second-order valence-electron chi connectivity index (χ2n) is 5.56. The van der Waals surface area contributed by atoms with Gasteiger partial charge in [-0.2, -0.15) is 0 Å². The molecule has 2 rings (SSSR count). The summed E-state index contributed by atoms with van der Waals surface area (Å²) in [6.07, 6.45) is 0.920. The molecule has 1 heterocycles. The number of benzene rings is 1. The number of likely N-dealkylation sites (N-methyl/N-ethyl adjacent to an activating group) is 1. The van der Waals surface area contributed by atoms with Crippen molar-refractivity contribution in [2.24, 2.45) is 5.92 Å². The van der Waals surface area contributed by atoms with Crippen molar-refractivity contribution in [1.82, 2.24) is 10.2 Å². The predicted molar refractivity (Wildman–Crippen MR) is 73.2 cm³/mol. The maximum Gasteiger partial charge on any atom is 0.237 e. The van der Waals surface area contributed by atoms with E-state index in [9.17, 15) is 4.79 Å². The average molecular weight is 246 g/mol. The third-order valence-corrected chi connectivity index (χ3v) is 3.52. The van der Waals surface area contributed by atoms with Crippen LogP contribution in [0.3, 0.4) is 0 Å². The molecule has 1 fully saturated rings. The van der Waals surface area contributed by atoms with Crippen LogP contribution < -0.4 is 5.32 Å². The van der Waals surface area contributed by atoms with Crippen LogP contribution in [0, 0.1) is 5.92 Å². The molecule has 1 aliphatic rings. The van der Waals surface area contributed by atoms with Crippen LogP contribution in [0.2, 0.25) is 0 Å². The number of nitrogens with one attached hydrogen (secondary N) is 1. The maximum atomic E-state index is 12.2. The number of carbonyl (C=O) groups excluding carboxylic acids is 1. The van der Waals surface area contributed by atoms with E-state index in [1.807, 2.05) is 25.2 Å². The fraction of sp³-hybridized carbons (Fsp3) is 0.533. The highest BCUT2D eigenvalue weighted by Crippen LogP contribution is 2.22. The van der Waals surface area contributed by atoms with E-state index >= 15 is 0 Å². The Kier molecular flexibility index (Phi) is 4.02. The molecular weight excluding hydrogens is 224 g/mol. The Morgan fingerprint density at radius 2 is 2.00 bits per heavy atom.